The summed E-state index contributed by atoms with van der Waals surface area (Å²) in [6.07, 6.45) is 3.51. The minimum atomic E-state index is 0.113. The lowest BCUT2D eigenvalue weighted by Crippen LogP contribution is -2.41. The smallest absolute Gasteiger partial charge is 0.254 e. The van der Waals surface area contributed by atoms with Crippen LogP contribution >= 0.6 is 0 Å². The summed E-state index contributed by atoms with van der Waals surface area (Å²) in [5.41, 5.74) is 8.11. The lowest BCUT2D eigenvalue weighted by molar-refractivity contribution is 0.0651. The number of benzene rings is 1. The number of hydrogen-bond donors (Lipinski definition) is 1. The highest BCUT2D eigenvalue weighted by atomic mass is 16.2. The molecule has 2 N–H and O–H groups in total. The zero-order valence-corrected chi connectivity index (χ0v) is 9.86. The second-order valence-electron chi connectivity index (χ2n) is 4.58. The Labute approximate surface area is 96.2 Å². The van der Waals surface area contributed by atoms with Crippen molar-refractivity contribution in [3.05, 3.63) is 29.3 Å². The number of hydrogen-bond acceptors (Lipinski definition) is 2. The first kappa shape index (κ1) is 11.0. The Balaban J connectivity index is 2.19. The molecule has 0 spiro atoms. The molecular weight excluding hydrogens is 200 g/mol. The average Bonchev–Trinajstić information content (AvgIpc) is 2.14. The number of nitrogens with two attached hydrogens (primary N) is 1. The maximum absolute atomic E-state index is 12.2. The van der Waals surface area contributed by atoms with Crippen LogP contribution in [0.15, 0.2) is 18.2 Å². The third-order valence-electron chi connectivity index (χ3n) is 3.42. The van der Waals surface area contributed by atoms with E-state index in [-0.39, 0.29) is 5.91 Å². The fourth-order valence-electron chi connectivity index (χ4n) is 2.06. The molecule has 1 fully saturated rings. The van der Waals surface area contributed by atoms with Gasteiger partial charge in [0, 0.05) is 24.3 Å². The van der Waals surface area contributed by atoms with Crippen molar-refractivity contribution in [1.82, 2.24) is 4.90 Å². The first-order valence-electron chi connectivity index (χ1n) is 5.73. The number of carbonyl (C=O) groups is 1. The quantitative estimate of drug-likeness (QED) is 0.773. The van der Waals surface area contributed by atoms with Crippen LogP contribution in [-0.4, -0.2) is 23.9 Å². The zero-order chi connectivity index (χ0) is 11.7. The van der Waals surface area contributed by atoms with Gasteiger partial charge >= 0.3 is 0 Å². The SMILES string of the molecule is Cc1cc(N)ccc1C(=O)N(C)C1CCC1. The Bertz CT molecular complexity index is 410. The number of nitrogens with zero attached hydrogens (tertiary/aromatic N) is 1. The van der Waals surface area contributed by atoms with Gasteiger partial charge in [-0.25, -0.2) is 0 Å². The van der Waals surface area contributed by atoms with Crippen molar-refractivity contribution in [2.45, 2.75) is 32.2 Å². The van der Waals surface area contributed by atoms with Gasteiger partial charge in [-0.15, -0.1) is 0 Å². The van der Waals surface area contributed by atoms with Gasteiger partial charge in [-0.2, -0.15) is 0 Å². The Morgan fingerprint density at radius 1 is 1.44 bits per heavy atom. The summed E-state index contributed by atoms with van der Waals surface area (Å²) in [6, 6.07) is 5.89. The molecule has 1 aromatic carbocycles. The van der Waals surface area contributed by atoms with Crippen molar-refractivity contribution in [1.29, 1.82) is 0 Å². The molecule has 1 aliphatic carbocycles. The molecule has 0 saturated heterocycles. The van der Waals surface area contributed by atoms with Crippen LogP contribution in [-0.2, 0) is 0 Å². The van der Waals surface area contributed by atoms with Crippen LogP contribution in [0.2, 0.25) is 0 Å². The van der Waals surface area contributed by atoms with E-state index in [0.717, 1.165) is 24.0 Å². The van der Waals surface area contributed by atoms with Gasteiger partial charge in [0.05, 0.1) is 0 Å². The van der Waals surface area contributed by atoms with Gasteiger partial charge in [0.1, 0.15) is 0 Å². The fraction of sp³-hybridized carbons (Fsp3) is 0.462. The van der Waals surface area contributed by atoms with E-state index in [2.05, 4.69) is 0 Å². The van der Waals surface area contributed by atoms with Crippen LogP contribution in [0.25, 0.3) is 0 Å². The zero-order valence-electron chi connectivity index (χ0n) is 9.86. The highest BCUT2D eigenvalue weighted by Crippen LogP contribution is 2.25. The molecule has 0 aromatic heterocycles. The van der Waals surface area contributed by atoms with E-state index in [4.69, 9.17) is 5.73 Å². The van der Waals surface area contributed by atoms with Gasteiger partial charge in [-0.1, -0.05) is 0 Å². The topological polar surface area (TPSA) is 46.3 Å². The van der Waals surface area contributed by atoms with Crippen molar-refractivity contribution >= 4 is 11.6 Å². The van der Waals surface area contributed by atoms with Crippen LogP contribution < -0.4 is 5.73 Å². The monoisotopic (exact) mass is 218 g/mol. The molecule has 86 valence electrons. The van der Waals surface area contributed by atoms with E-state index < -0.39 is 0 Å². The molecule has 1 saturated carbocycles. The van der Waals surface area contributed by atoms with Gasteiger partial charge in [-0.3, -0.25) is 4.79 Å². The van der Waals surface area contributed by atoms with Crippen LogP contribution in [0.4, 0.5) is 5.69 Å². The molecule has 16 heavy (non-hydrogen) atoms. The van der Waals surface area contributed by atoms with Crippen molar-refractivity contribution in [3.63, 3.8) is 0 Å². The van der Waals surface area contributed by atoms with Crippen molar-refractivity contribution in [3.8, 4) is 0 Å². The predicted molar refractivity (Wildman–Crippen MR) is 65.3 cm³/mol. The highest BCUT2D eigenvalue weighted by molar-refractivity contribution is 5.96. The number of rotatable bonds is 2. The molecule has 0 atom stereocenters. The lowest BCUT2D eigenvalue weighted by atomic mass is 9.91. The molecular formula is C13H18N2O. The molecule has 0 heterocycles. The van der Waals surface area contributed by atoms with Gasteiger partial charge in [0.25, 0.3) is 5.91 Å². The lowest BCUT2D eigenvalue weighted by Gasteiger charge is -2.35. The summed E-state index contributed by atoms with van der Waals surface area (Å²) in [4.78, 5) is 14.1. The molecule has 0 aliphatic heterocycles. The van der Waals surface area contributed by atoms with Gasteiger partial charge in [-0.05, 0) is 49.9 Å². The molecule has 1 amide bonds. The fourth-order valence-corrected chi connectivity index (χ4v) is 2.06. The van der Waals surface area contributed by atoms with Crippen LogP contribution in [0.1, 0.15) is 35.2 Å². The van der Waals surface area contributed by atoms with E-state index in [1.54, 1.807) is 6.07 Å². The first-order valence-corrected chi connectivity index (χ1v) is 5.73. The van der Waals surface area contributed by atoms with Gasteiger partial charge in [0.15, 0.2) is 0 Å². The van der Waals surface area contributed by atoms with E-state index in [1.807, 2.05) is 31.0 Å². The standard InChI is InChI=1S/C13H18N2O/c1-9-8-10(14)6-7-12(9)13(16)15(2)11-4-3-5-11/h6-8,11H,3-5,14H2,1-2H3. The van der Waals surface area contributed by atoms with Crippen LogP contribution in [0.3, 0.4) is 0 Å². The highest BCUT2D eigenvalue weighted by Gasteiger charge is 2.26. The van der Waals surface area contributed by atoms with E-state index >= 15 is 0 Å². The molecule has 0 unspecified atom stereocenters. The number of amides is 1. The largest absolute Gasteiger partial charge is 0.399 e. The molecule has 1 aliphatic rings. The summed E-state index contributed by atoms with van der Waals surface area (Å²) >= 11 is 0. The van der Waals surface area contributed by atoms with Crippen molar-refractivity contribution in [2.75, 3.05) is 12.8 Å². The Kier molecular flexibility index (Phi) is 2.86. The molecule has 3 nitrogen and oxygen atoms in total. The molecule has 0 bridgehead atoms. The molecule has 3 heteroatoms. The summed E-state index contributed by atoms with van der Waals surface area (Å²) in [7, 11) is 1.89. The molecule has 2 rings (SSSR count). The number of anilines is 1. The Hall–Kier alpha value is -1.51. The summed E-state index contributed by atoms with van der Waals surface area (Å²) in [6.45, 7) is 1.93. The maximum Gasteiger partial charge on any atom is 0.254 e. The van der Waals surface area contributed by atoms with Gasteiger partial charge in [0.2, 0.25) is 0 Å². The van der Waals surface area contributed by atoms with Crippen molar-refractivity contribution < 1.29 is 4.79 Å². The van der Waals surface area contributed by atoms with Crippen LogP contribution in [0.5, 0.6) is 0 Å². The number of nitrogen functional groups attached to an aromatic ring is 1. The Morgan fingerprint density at radius 3 is 2.62 bits per heavy atom. The van der Waals surface area contributed by atoms with E-state index in [1.165, 1.54) is 6.42 Å². The average molecular weight is 218 g/mol. The van der Waals surface area contributed by atoms with E-state index in [0.29, 0.717) is 11.7 Å². The van der Waals surface area contributed by atoms with E-state index in [9.17, 15) is 4.79 Å². The predicted octanol–water partition coefficient (Wildman–Crippen LogP) is 2.20. The summed E-state index contributed by atoms with van der Waals surface area (Å²) in [5, 5.41) is 0. The summed E-state index contributed by atoms with van der Waals surface area (Å²) in [5.74, 6) is 0.113. The third-order valence-corrected chi connectivity index (χ3v) is 3.42. The third kappa shape index (κ3) is 1.90. The van der Waals surface area contributed by atoms with Gasteiger partial charge < -0.3 is 10.6 Å². The minimum Gasteiger partial charge on any atom is -0.399 e. The number of carbonyl (C=O) groups excluding carboxylic acids is 1. The molecule has 0 radical (unpaired) electrons. The number of aryl methyl sites for hydroxylation is 1. The maximum atomic E-state index is 12.2. The second-order valence-corrected chi connectivity index (χ2v) is 4.58. The van der Waals surface area contributed by atoms with Crippen molar-refractivity contribution in [2.24, 2.45) is 0 Å². The summed E-state index contributed by atoms with van der Waals surface area (Å²) < 4.78 is 0. The minimum absolute atomic E-state index is 0.113. The Morgan fingerprint density at radius 2 is 2.12 bits per heavy atom. The van der Waals surface area contributed by atoms with Crippen LogP contribution in [0, 0.1) is 6.92 Å². The first-order chi connectivity index (χ1) is 7.59. The molecule has 1 aromatic rings. The normalized spacial score (nSPS) is 15.6. The second kappa shape index (κ2) is 4.16.